The fourth-order valence-corrected chi connectivity index (χ4v) is 4.32. The Bertz CT molecular complexity index is 1140. The largest absolute Gasteiger partial charge is 0.493 e. The van der Waals surface area contributed by atoms with Gasteiger partial charge < -0.3 is 14.8 Å². The lowest BCUT2D eigenvalue weighted by atomic mass is 10.1. The number of hydrogen-bond acceptors (Lipinski definition) is 7. The van der Waals surface area contributed by atoms with Gasteiger partial charge in [0.05, 0.1) is 26.5 Å². The fraction of sp³-hybridized carbons (Fsp3) is 0.250. The molecule has 2 aromatic carbocycles. The number of hydrazone groups is 1. The highest BCUT2D eigenvalue weighted by Gasteiger charge is 2.31. The number of urea groups is 1. The minimum Gasteiger partial charge on any atom is -0.493 e. The Morgan fingerprint density at radius 3 is 2.65 bits per heavy atom. The predicted octanol–water partition coefficient (Wildman–Crippen LogP) is 3.71. The van der Waals surface area contributed by atoms with Crippen molar-refractivity contribution in [3.63, 3.8) is 0 Å². The summed E-state index contributed by atoms with van der Waals surface area (Å²) < 4.78 is 10.7. The number of carbonyl (C=O) groups is 2. The van der Waals surface area contributed by atoms with E-state index in [2.05, 4.69) is 15.4 Å². The lowest BCUT2D eigenvalue weighted by molar-refractivity contribution is 0.173. The van der Waals surface area contributed by atoms with Crippen molar-refractivity contribution >= 4 is 35.0 Å². The zero-order valence-electron chi connectivity index (χ0n) is 18.9. The normalized spacial score (nSPS) is 16.2. The molecule has 4 rings (SSSR count). The van der Waals surface area contributed by atoms with Gasteiger partial charge in [0.15, 0.2) is 11.5 Å². The van der Waals surface area contributed by atoms with Crippen LogP contribution in [0.2, 0.25) is 0 Å². The summed E-state index contributed by atoms with van der Waals surface area (Å²) >= 11 is 1.14. The number of nitrogens with zero attached hydrogens (tertiary/aromatic N) is 4. The Morgan fingerprint density at radius 1 is 1.15 bits per heavy atom. The number of benzene rings is 2. The van der Waals surface area contributed by atoms with Gasteiger partial charge in [-0.25, -0.2) is 9.80 Å². The first-order chi connectivity index (χ1) is 16.6. The molecule has 0 saturated carbocycles. The highest BCUT2D eigenvalue weighted by Crippen LogP contribution is 2.30. The molecule has 176 valence electrons. The second-order valence-electron chi connectivity index (χ2n) is 7.45. The summed E-state index contributed by atoms with van der Waals surface area (Å²) in [5.74, 6) is 1.58. The van der Waals surface area contributed by atoms with E-state index in [0.29, 0.717) is 35.9 Å². The minimum atomic E-state index is -0.683. The molecule has 0 spiro atoms. The van der Waals surface area contributed by atoms with Crippen LogP contribution in [0.25, 0.3) is 0 Å². The predicted molar refractivity (Wildman–Crippen MR) is 133 cm³/mol. The summed E-state index contributed by atoms with van der Waals surface area (Å²) in [4.78, 5) is 31.3. The van der Waals surface area contributed by atoms with E-state index in [1.165, 1.54) is 9.91 Å². The Labute approximate surface area is 202 Å². The Morgan fingerprint density at radius 2 is 1.94 bits per heavy atom. The van der Waals surface area contributed by atoms with Crippen molar-refractivity contribution < 1.29 is 19.1 Å². The van der Waals surface area contributed by atoms with Gasteiger partial charge >= 0.3 is 11.3 Å². The molecule has 3 amide bonds. The van der Waals surface area contributed by atoms with Crippen LogP contribution in [0.15, 0.2) is 71.0 Å². The van der Waals surface area contributed by atoms with Crippen molar-refractivity contribution in [1.82, 2.24) is 15.2 Å². The van der Waals surface area contributed by atoms with Gasteiger partial charge in [-0.2, -0.15) is 5.10 Å². The lowest BCUT2D eigenvalue weighted by Crippen LogP contribution is -2.53. The van der Waals surface area contributed by atoms with Crippen LogP contribution in [0.4, 0.5) is 9.59 Å². The summed E-state index contributed by atoms with van der Waals surface area (Å²) in [5, 5.41) is 8.75. The van der Waals surface area contributed by atoms with E-state index in [1.54, 1.807) is 38.9 Å². The van der Waals surface area contributed by atoms with Crippen molar-refractivity contribution in [2.24, 2.45) is 10.1 Å². The van der Waals surface area contributed by atoms with Gasteiger partial charge in [-0.1, -0.05) is 42.1 Å². The van der Waals surface area contributed by atoms with E-state index in [0.717, 1.165) is 22.9 Å². The van der Waals surface area contributed by atoms with E-state index in [4.69, 9.17) is 9.47 Å². The molecule has 2 aromatic rings. The topological polar surface area (TPSA) is 95.8 Å². The van der Waals surface area contributed by atoms with Crippen molar-refractivity contribution in [2.75, 3.05) is 26.5 Å². The summed E-state index contributed by atoms with van der Waals surface area (Å²) in [7, 11) is 3.15. The molecule has 0 bridgehead atoms. The van der Waals surface area contributed by atoms with E-state index in [1.807, 2.05) is 42.5 Å². The van der Waals surface area contributed by atoms with Crippen LogP contribution < -0.4 is 14.8 Å². The summed E-state index contributed by atoms with van der Waals surface area (Å²) in [5.41, 5.74) is 2.47. The molecule has 0 radical (unpaired) electrons. The average molecular weight is 480 g/mol. The van der Waals surface area contributed by atoms with Gasteiger partial charge in [0.25, 0.3) is 0 Å². The van der Waals surface area contributed by atoms with Gasteiger partial charge in [-0.05, 0) is 23.8 Å². The third kappa shape index (κ3) is 5.40. The Hall–Kier alpha value is -3.79. The first kappa shape index (κ1) is 23.4. The summed E-state index contributed by atoms with van der Waals surface area (Å²) in [6, 6.07) is 14.8. The van der Waals surface area contributed by atoms with Gasteiger partial charge in [-0.15, -0.1) is 0 Å². The highest BCUT2D eigenvalue weighted by atomic mass is 32.2. The second kappa shape index (κ2) is 10.9. The van der Waals surface area contributed by atoms with Crippen molar-refractivity contribution in [1.29, 1.82) is 0 Å². The molecule has 0 fully saturated rings. The molecule has 0 saturated heterocycles. The third-order valence-electron chi connectivity index (χ3n) is 5.30. The number of methoxy groups -OCH3 is 2. The molecule has 1 atom stereocenters. The second-order valence-corrected chi connectivity index (χ2v) is 8.38. The van der Waals surface area contributed by atoms with Crippen LogP contribution in [-0.2, 0) is 6.42 Å². The fourth-order valence-electron chi connectivity index (χ4n) is 3.54. The standard InChI is InChI=1S/C24H25N5O4S/c1-32-20-9-8-18(15-21(20)33-2)19-16-34-24(31)29(27-19)22(14-17-6-4-3-5-7-17)26-23(30)28-12-10-25-11-13-28/h3-12,15,22H,13-14,16H2,1-2H3,(H,26,30). The maximum Gasteiger partial charge on any atom is 0.323 e. The van der Waals surface area contributed by atoms with E-state index < -0.39 is 6.17 Å². The summed E-state index contributed by atoms with van der Waals surface area (Å²) in [6.45, 7) is 0.350. The zero-order valence-corrected chi connectivity index (χ0v) is 19.7. The number of amides is 3. The smallest absolute Gasteiger partial charge is 0.323 e. The maximum atomic E-state index is 12.9. The monoisotopic (exact) mass is 479 g/mol. The van der Waals surface area contributed by atoms with E-state index in [-0.39, 0.29) is 11.3 Å². The van der Waals surface area contributed by atoms with Crippen molar-refractivity contribution in [3.8, 4) is 11.5 Å². The van der Waals surface area contributed by atoms with Crippen molar-refractivity contribution in [3.05, 3.63) is 72.1 Å². The van der Waals surface area contributed by atoms with Crippen LogP contribution in [0, 0.1) is 0 Å². The molecule has 2 aliphatic rings. The van der Waals surface area contributed by atoms with Crippen molar-refractivity contribution in [2.45, 2.75) is 12.6 Å². The Balaban J connectivity index is 1.64. The van der Waals surface area contributed by atoms with Crippen LogP contribution >= 0.6 is 11.8 Å². The molecule has 2 aliphatic heterocycles. The van der Waals surface area contributed by atoms with E-state index >= 15 is 0 Å². The van der Waals surface area contributed by atoms with Gasteiger partial charge in [-0.3, -0.25) is 14.7 Å². The highest BCUT2D eigenvalue weighted by molar-refractivity contribution is 8.14. The van der Waals surface area contributed by atoms with Crippen LogP contribution in [-0.4, -0.2) is 65.8 Å². The number of carbonyl (C=O) groups excluding carboxylic acids is 2. The van der Waals surface area contributed by atoms with Gasteiger partial charge in [0, 0.05) is 36.4 Å². The Kier molecular flexibility index (Phi) is 7.48. The zero-order chi connectivity index (χ0) is 23.9. The molecule has 1 N–H and O–H groups in total. The number of thioether (sulfide) groups is 1. The third-order valence-corrected chi connectivity index (χ3v) is 6.15. The van der Waals surface area contributed by atoms with Crippen LogP contribution in [0.1, 0.15) is 11.1 Å². The molecule has 0 aromatic heterocycles. The summed E-state index contributed by atoms with van der Waals surface area (Å²) in [6.07, 6.45) is 4.50. The van der Waals surface area contributed by atoms with Crippen LogP contribution in [0.3, 0.4) is 0 Å². The van der Waals surface area contributed by atoms with Crippen LogP contribution in [0.5, 0.6) is 11.5 Å². The number of hydrogen-bond donors (Lipinski definition) is 1. The number of aliphatic imine (C=N–C) groups is 1. The molecule has 10 heteroatoms. The van der Waals surface area contributed by atoms with Gasteiger partial charge in [0.2, 0.25) is 0 Å². The van der Waals surface area contributed by atoms with Gasteiger partial charge in [0.1, 0.15) is 6.17 Å². The number of nitrogens with one attached hydrogen (secondary N) is 1. The molecular weight excluding hydrogens is 454 g/mol. The molecular formula is C24H25N5O4S. The lowest BCUT2D eigenvalue weighted by Gasteiger charge is -2.32. The maximum absolute atomic E-state index is 12.9. The molecule has 2 heterocycles. The number of ether oxygens (including phenoxy) is 2. The molecule has 9 nitrogen and oxygen atoms in total. The quantitative estimate of drug-likeness (QED) is 0.653. The first-order valence-electron chi connectivity index (χ1n) is 10.6. The SMILES string of the molecule is COc1ccc(C2=NN(C(Cc3ccccc3)NC(=O)N3C=CN=CC3)C(=O)SC2)cc1OC. The molecule has 34 heavy (non-hydrogen) atoms. The first-order valence-corrected chi connectivity index (χ1v) is 11.6. The minimum absolute atomic E-state index is 0.235. The van der Waals surface area contributed by atoms with E-state index in [9.17, 15) is 9.59 Å². The number of rotatable bonds is 7. The molecule has 0 aliphatic carbocycles. The molecule has 1 unspecified atom stereocenters. The average Bonchev–Trinajstić information content (AvgIpc) is 2.89.